The first-order valence-corrected chi connectivity index (χ1v) is 10.2. The number of hydrogen-bond donors (Lipinski definition) is 1. The van der Waals surface area contributed by atoms with Crippen LogP contribution in [-0.2, 0) is 21.7 Å². The van der Waals surface area contributed by atoms with Gasteiger partial charge in [-0.1, -0.05) is 25.6 Å². The summed E-state index contributed by atoms with van der Waals surface area (Å²) < 4.78 is 5.52. The number of rotatable bonds is 4. The Labute approximate surface area is 155 Å². The average Bonchev–Trinajstić information content (AvgIpc) is 2.58. The Balaban J connectivity index is 2.09. The highest BCUT2D eigenvalue weighted by molar-refractivity contribution is 8.00. The van der Waals surface area contributed by atoms with Crippen molar-refractivity contribution in [2.75, 3.05) is 37.0 Å². The Bertz CT molecular complexity index is 725. The summed E-state index contributed by atoms with van der Waals surface area (Å²) in [5, 5.41) is 19.4. The van der Waals surface area contributed by atoms with E-state index in [-0.39, 0.29) is 10.5 Å². The third-order valence-corrected chi connectivity index (χ3v) is 6.74. The van der Waals surface area contributed by atoms with E-state index in [4.69, 9.17) is 9.84 Å². The van der Waals surface area contributed by atoms with Gasteiger partial charge < -0.3 is 9.84 Å². The van der Waals surface area contributed by atoms with E-state index in [0.717, 1.165) is 36.6 Å². The maximum atomic E-state index is 11.0. The normalized spacial score (nSPS) is 19.2. The number of morpholine rings is 1. The van der Waals surface area contributed by atoms with Crippen LogP contribution in [0.15, 0.2) is 5.03 Å². The Morgan fingerprint density at radius 3 is 2.80 bits per heavy atom. The highest BCUT2D eigenvalue weighted by Crippen LogP contribution is 2.43. The van der Waals surface area contributed by atoms with Crippen LogP contribution in [0.4, 0.5) is 5.82 Å². The fraction of sp³-hybridized carbons (Fsp3) is 0.588. The fourth-order valence-corrected chi connectivity index (χ4v) is 5.03. The average molecular weight is 381 g/mol. The zero-order valence-corrected chi connectivity index (χ0v) is 16.1. The number of nitrogens with zero attached hydrogens (tertiary/aromatic N) is 2. The van der Waals surface area contributed by atoms with Gasteiger partial charge in [0.05, 0.1) is 24.5 Å². The molecule has 6 nitrogen and oxygen atoms in total. The summed E-state index contributed by atoms with van der Waals surface area (Å²) in [6, 6.07) is 2.32. The van der Waals surface area contributed by atoms with Gasteiger partial charge in [0.2, 0.25) is 0 Å². The monoisotopic (exact) mass is 380 g/mol. The number of aliphatic carboxylic acids is 1. The molecular formula is C17H22N3O3S2+. The molecule has 0 unspecified atom stereocenters. The Kier molecular flexibility index (Phi) is 5.46. The molecule has 2 aliphatic heterocycles. The highest BCUT2D eigenvalue weighted by atomic mass is 32.2. The van der Waals surface area contributed by atoms with Gasteiger partial charge in [-0.2, -0.15) is 17.0 Å². The summed E-state index contributed by atoms with van der Waals surface area (Å²) in [7, 11) is 0. The van der Waals surface area contributed by atoms with E-state index < -0.39 is 5.97 Å². The highest BCUT2D eigenvalue weighted by Gasteiger charge is 2.36. The van der Waals surface area contributed by atoms with E-state index in [0.29, 0.717) is 23.8 Å². The predicted molar refractivity (Wildman–Crippen MR) is 98.2 cm³/mol. The summed E-state index contributed by atoms with van der Waals surface area (Å²) in [5.74, 6) is 0.923. The van der Waals surface area contributed by atoms with Crippen molar-refractivity contribution in [1.82, 2.24) is 0 Å². The second-order valence-electron chi connectivity index (χ2n) is 6.75. The molecule has 0 saturated carbocycles. The minimum Gasteiger partial charge on any atom is -0.481 e. The fourth-order valence-electron chi connectivity index (χ4n) is 3.19. The lowest BCUT2D eigenvalue weighted by Gasteiger charge is -2.33. The van der Waals surface area contributed by atoms with E-state index in [1.54, 1.807) is 0 Å². The molecule has 3 heterocycles. The van der Waals surface area contributed by atoms with Crippen molar-refractivity contribution >= 4 is 35.3 Å². The van der Waals surface area contributed by atoms with Crippen LogP contribution in [0.2, 0.25) is 0 Å². The van der Waals surface area contributed by atoms with Crippen LogP contribution >= 0.6 is 23.5 Å². The molecular weight excluding hydrogens is 358 g/mol. The molecule has 1 saturated heterocycles. The molecule has 1 fully saturated rings. The van der Waals surface area contributed by atoms with E-state index in [1.165, 1.54) is 17.3 Å². The standard InChI is InChI=1S/C17H21N3O3S2/c1-17(2)7-11-12(8-18)16(24-10-14(21)22)19-15(13(11)9-25-17)20-3-5-23-6-4-20/h3-7,9-10H2,1-2H3,(H,21,22)/p+1. The lowest BCUT2D eigenvalue weighted by atomic mass is 9.94. The number of hydrogen-bond acceptors (Lipinski definition) is 6. The molecule has 8 heteroatoms. The third kappa shape index (κ3) is 4.05. The number of nitrogens with one attached hydrogen (secondary N) is 1. The molecule has 2 aliphatic rings. The summed E-state index contributed by atoms with van der Waals surface area (Å²) >= 11 is 3.08. The number of carbonyl (C=O) groups is 1. The first kappa shape index (κ1) is 18.4. The summed E-state index contributed by atoms with van der Waals surface area (Å²) in [6.45, 7) is 7.34. The number of ether oxygens (including phenoxy) is 1. The minimum absolute atomic E-state index is 0.0648. The van der Waals surface area contributed by atoms with Gasteiger partial charge in [-0.25, -0.2) is 4.98 Å². The van der Waals surface area contributed by atoms with Gasteiger partial charge in [0, 0.05) is 10.5 Å². The van der Waals surface area contributed by atoms with Crippen LogP contribution in [0.1, 0.15) is 30.5 Å². The van der Waals surface area contributed by atoms with Crippen LogP contribution in [0, 0.1) is 11.3 Å². The molecule has 2 N–H and O–H groups in total. The van der Waals surface area contributed by atoms with E-state index in [1.807, 2.05) is 11.8 Å². The molecule has 0 spiro atoms. The third-order valence-electron chi connectivity index (χ3n) is 4.40. The van der Waals surface area contributed by atoms with Crippen LogP contribution in [0.5, 0.6) is 0 Å². The Morgan fingerprint density at radius 2 is 2.16 bits per heavy atom. The van der Waals surface area contributed by atoms with Crippen LogP contribution in [0.3, 0.4) is 0 Å². The second-order valence-corrected chi connectivity index (χ2v) is 9.42. The van der Waals surface area contributed by atoms with Gasteiger partial charge in [0.25, 0.3) is 5.82 Å². The number of thioether (sulfide) groups is 2. The first-order chi connectivity index (χ1) is 11.9. The summed E-state index contributed by atoms with van der Waals surface area (Å²) in [4.78, 5) is 16.6. The van der Waals surface area contributed by atoms with Crippen molar-refractivity contribution < 1.29 is 19.6 Å². The zero-order chi connectivity index (χ0) is 18.0. The van der Waals surface area contributed by atoms with Crippen LogP contribution in [-0.4, -0.2) is 47.9 Å². The first-order valence-electron chi connectivity index (χ1n) is 8.23. The van der Waals surface area contributed by atoms with E-state index in [9.17, 15) is 10.1 Å². The summed E-state index contributed by atoms with van der Waals surface area (Å²) in [5.41, 5.74) is 2.86. The topological polar surface area (TPSA) is 87.7 Å². The van der Waals surface area contributed by atoms with E-state index >= 15 is 0 Å². The lowest BCUT2D eigenvalue weighted by molar-refractivity contribution is -0.414. The van der Waals surface area contributed by atoms with Crippen LogP contribution < -0.4 is 9.88 Å². The van der Waals surface area contributed by atoms with Crippen molar-refractivity contribution in [3.05, 3.63) is 16.7 Å². The maximum absolute atomic E-state index is 11.0. The molecule has 25 heavy (non-hydrogen) atoms. The number of carboxylic acids is 1. The summed E-state index contributed by atoms with van der Waals surface area (Å²) in [6.07, 6.45) is 0.808. The van der Waals surface area contributed by atoms with Gasteiger partial charge in [-0.15, -0.1) is 0 Å². The quantitative estimate of drug-likeness (QED) is 0.799. The van der Waals surface area contributed by atoms with Crippen molar-refractivity contribution in [3.8, 4) is 6.07 Å². The number of carboxylic acid groups (broad SMARTS) is 1. The minimum atomic E-state index is -0.885. The molecule has 1 aromatic rings. The smallest absolute Gasteiger partial charge is 0.313 e. The molecule has 0 aromatic carbocycles. The zero-order valence-electron chi connectivity index (χ0n) is 14.4. The Hall–Kier alpha value is -1.43. The molecule has 0 bridgehead atoms. The van der Waals surface area contributed by atoms with Crippen molar-refractivity contribution in [3.63, 3.8) is 0 Å². The number of pyridine rings is 1. The largest absolute Gasteiger partial charge is 0.481 e. The van der Waals surface area contributed by atoms with Crippen molar-refractivity contribution in [2.45, 2.75) is 35.8 Å². The molecule has 134 valence electrons. The number of H-pyrrole nitrogens is 1. The molecule has 3 rings (SSSR count). The van der Waals surface area contributed by atoms with Crippen molar-refractivity contribution in [2.24, 2.45) is 0 Å². The van der Waals surface area contributed by atoms with Gasteiger partial charge in [0.1, 0.15) is 24.7 Å². The number of fused-ring (bicyclic) bond motifs is 1. The SMILES string of the molecule is CC1(C)Cc2c(C#N)c(SCC(=O)O)[nH+]c(N3CCOCC3)c2CS1. The Morgan fingerprint density at radius 1 is 1.44 bits per heavy atom. The van der Waals surface area contributed by atoms with Gasteiger partial charge in [-0.3, -0.25) is 9.69 Å². The van der Waals surface area contributed by atoms with E-state index in [2.05, 4.69) is 29.8 Å². The number of nitriles is 1. The van der Waals surface area contributed by atoms with Crippen molar-refractivity contribution in [1.29, 1.82) is 5.26 Å². The van der Waals surface area contributed by atoms with Gasteiger partial charge >= 0.3 is 5.97 Å². The molecule has 0 radical (unpaired) electrons. The van der Waals surface area contributed by atoms with Gasteiger partial charge in [0.15, 0.2) is 5.03 Å². The van der Waals surface area contributed by atoms with Gasteiger partial charge in [-0.05, 0) is 12.0 Å². The number of aromatic nitrogens is 1. The second kappa shape index (κ2) is 7.44. The number of aromatic amines is 1. The van der Waals surface area contributed by atoms with Crippen LogP contribution in [0.25, 0.3) is 0 Å². The predicted octanol–water partition coefficient (Wildman–Crippen LogP) is 1.95. The number of anilines is 1. The molecule has 0 atom stereocenters. The molecule has 1 aromatic heterocycles. The molecule has 0 aliphatic carbocycles. The lowest BCUT2D eigenvalue weighted by Crippen LogP contribution is -2.42. The maximum Gasteiger partial charge on any atom is 0.313 e. The molecule has 0 amide bonds.